The number of nitrogen functional groups attached to an aromatic ring is 1. The van der Waals surface area contributed by atoms with Crippen LogP contribution in [0.15, 0.2) is 48.5 Å². The van der Waals surface area contributed by atoms with Gasteiger partial charge in [0, 0.05) is 23.9 Å². The third-order valence-electron chi connectivity index (χ3n) is 5.19. The van der Waals surface area contributed by atoms with Crippen molar-refractivity contribution >= 4 is 11.8 Å². The lowest BCUT2D eigenvalue weighted by Crippen LogP contribution is -2.55. The highest BCUT2D eigenvalue weighted by atomic mass is 16.6. The van der Waals surface area contributed by atoms with E-state index in [4.69, 9.17) is 15.2 Å². The van der Waals surface area contributed by atoms with Gasteiger partial charge in [-0.15, -0.1) is 0 Å². The van der Waals surface area contributed by atoms with Crippen LogP contribution in [0, 0.1) is 0 Å². The number of aliphatic hydroxyl groups is 1. The quantitative estimate of drug-likeness (QED) is 0.731. The molecule has 2 aromatic carbocycles. The largest absolute Gasteiger partial charge is 0.485 e. The van der Waals surface area contributed by atoms with Crippen molar-refractivity contribution in [1.29, 1.82) is 0 Å². The Morgan fingerprint density at radius 3 is 2.50 bits per heavy atom. The van der Waals surface area contributed by atoms with Crippen molar-refractivity contribution in [2.75, 3.05) is 12.3 Å². The van der Waals surface area contributed by atoms with Crippen LogP contribution in [0.4, 0.5) is 10.5 Å². The summed E-state index contributed by atoms with van der Waals surface area (Å²) in [6.07, 6.45) is -0.783. The molecule has 3 N–H and O–H groups in total. The first-order valence-electron chi connectivity index (χ1n) is 10.3. The first-order chi connectivity index (χ1) is 14.0. The number of amides is 1. The van der Waals surface area contributed by atoms with Gasteiger partial charge in [-0.2, -0.15) is 0 Å². The summed E-state index contributed by atoms with van der Waals surface area (Å²) in [6, 6.07) is 14.6. The van der Waals surface area contributed by atoms with Gasteiger partial charge >= 0.3 is 6.09 Å². The van der Waals surface area contributed by atoms with E-state index in [1.807, 2.05) is 57.2 Å². The fraction of sp³-hybridized carbons (Fsp3) is 0.458. The van der Waals surface area contributed by atoms with Crippen LogP contribution in [-0.4, -0.2) is 40.0 Å². The van der Waals surface area contributed by atoms with E-state index >= 15 is 0 Å². The summed E-state index contributed by atoms with van der Waals surface area (Å²) in [5, 5.41) is 11.2. The lowest BCUT2D eigenvalue weighted by Gasteiger charge is -2.46. The van der Waals surface area contributed by atoms with Crippen LogP contribution in [0.5, 0.6) is 5.75 Å². The number of aliphatic hydroxyl groups excluding tert-OH is 1. The Bertz CT molecular complexity index is 890. The smallest absolute Gasteiger partial charge is 0.410 e. The number of nitrogens with zero attached hydrogens (tertiary/aromatic N) is 1. The molecule has 2 unspecified atom stereocenters. The molecule has 1 amide bonds. The highest BCUT2D eigenvalue weighted by Gasteiger charge is 2.47. The molecule has 0 saturated carbocycles. The zero-order valence-corrected chi connectivity index (χ0v) is 18.4. The molecule has 0 aliphatic carbocycles. The zero-order valence-electron chi connectivity index (χ0n) is 18.4. The molecule has 162 valence electrons. The molecule has 0 fully saturated rings. The van der Waals surface area contributed by atoms with E-state index in [0.29, 0.717) is 24.4 Å². The van der Waals surface area contributed by atoms with Gasteiger partial charge in [0.25, 0.3) is 0 Å². The third kappa shape index (κ3) is 4.87. The SMILES string of the molecule is CC(C)(C)OC(=O)N(CCc1ccccc1)C1c2ccc(N)cc2OC(C)(C)C1O. The predicted octanol–water partition coefficient (Wildman–Crippen LogP) is 4.32. The standard InChI is InChI=1S/C24H32N2O4/c1-23(2,3)30-22(28)26(14-13-16-9-7-6-8-10-16)20-18-12-11-17(25)15-19(18)29-24(4,5)21(20)27/h6-12,15,20-21,27H,13-14,25H2,1-5H3. The van der Waals surface area contributed by atoms with Gasteiger partial charge in [-0.1, -0.05) is 36.4 Å². The minimum absolute atomic E-state index is 0.389. The molecule has 0 radical (unpaired) electrons. The molecule has 1 heterocycles. The monoisotopic (exact) mass is 412 g/mol. The molecule has 6 nitrogen and oxygen atoms in total. The van der Waals surface area contributed by atoms with Crippen LogP contribution in [-0.2, 0) is 11.2 Å². The van der Waals surface area contributed by atoms with Gasteiger partial charge in [0.2, 0.25) is 0 Å². The van der Waals surface area contributed by atoms with Crippen molar-refractivity contribution in [3.8, 4) is 5.75 Å². The number of anilines is 1. The molecular formula is C24H32N2O4. The Balaban J connectivity index is 2.01. The zero-order chi connectivity index (χ0) is 22.1. The molecule has 6 heteroatoms. The van der Waals surface area contributed by atoms with E-state index < -0.39 is 29.4 Å². The first kappa shape index (κ1) is 22.0. The molecule has 1 aliphatic heterocycles. The number of fused-ring (bicyclic) bond motifs is 1. The molecule has 2 atom stereocenters. The molecule has 0 spiro atoms. The summed E-state index contributed by atoms with van der Waals surface area (Å²) in [7, 11) is 0. The van der Waals surface area contributed by atoms with Crippen LogP contribution in [0.25, 0.3) is 0 Å². The average Bonchev–Trinajstić information content (AvgIpc) is 2.64. The van der Waals surface area contributed by atoms with Crippen LogP contribution in [0.3, 0.4) is 0 Å². The van der Waals surface area contributed by atoms with Crippen molar-refractivity contribution < 1.29 is 19.4 Å². The van der Waals surface area contributed by atoms with Crippen molar-refractivity contribution in [2.24, 2.45) is 0 Å². The summed E-state index contributed by atoms with van der Waals surface area (Å²) in [6.45, 7) is 9.50. The average molecular weight is 413 g/mol. The van der Waals surface area contributed by atoms with Crippen LogP contribution in [0.1, 0.15) is 51.8 Å². The van der Waals surface area contributed by atoms with Gasteiger partial charge in [0.1, 0.15) is 23.1 Å². The van der Waals surface area contributed by atoms with E-state index in [9.17, 15) is 9.90 Å². The number of carbonyl (C=O) groups is 1. The molecule has 30 heavy (non-hydrogen) atoms. The third-order valence-corrected chi connectivity index (χ3v) is 5.19. The molecule has 2 aromatic rings. The van der Waals surface area contributed by atoms with E-state index in [-0.39, 0.29) is 0 Å². The summed E-state index contributed by atoms with van der Waals surface area (Å²) in [5.41, 5.74) is 6.78. The normalized spacial score (nSPS) is 20.1. The summed E-state index contributed by atoms with van der Waals surface area (Å²) in [5.74, 6) is 0.573. The number of rotatable bonds is 4. The van der Waals surface area contributed by atoms with Crippen LogP contribution >= 0.6 is 0 Å². The van der Waals surface area contributed by atoms with E-state index in [1.54, 1.807) is 30.9 Å². The number of hydrogen-bond donors (Lipinski definition) is 2. The maximum absolute atomic E-state index is 13.2. The number of nitrogens with two attached hydrogens (primary N) is 1. The van der Waals surface area contributed by atoms with Crippen molar-refractivity contribution in [2.45, 2.75) is 64.4 Å². The van der Waals surface area contributed by atoms with Gasteiger partial charge in [0.05, 0.1) is 6.04 Å². The van der Waals surface area contributed by atoms with Gasteiger partial charge < -0.3 is 20.3 Å². The van der Waals surface area contributed by atoms with Crippen LogP contribution < -0.4 is 10.5 Å². The second kappa shape index (κ2) is 8.19. The van der Waals surface area contributed by atoms with Gasteiger partial charge in [0.15, 0.2) is 0 Å². The molecule has 1 aliphatic rings. The Labute approximate surface area is 178 Å². The minimum atomic E-state index is -0.947. The lowest BCUT2D eigenvalue weighted by atomic mass is 9.85. The topological polar surface area (TPSA) is 85.0 Å². The number of ether oxygens (including phenoxy) is 2. The van der Waals surface area contributed by atoms with Crippen LogP contribution in [0.2, 0.25) is 0 Å². The fourth-order valence-electron chi connectivity index (χ4n) is 3.67. The summed E-state index contributed by atoms with van der Waals surface area (Å²) < 4.78 is 11.7. The molecule has 0 saturated heterocycles. The second-order valence-corrected chi connectivity index (χ2v) is 9.30. The van der Waals surface area contributed by atoms with Gasteiger partial charge in [-0.25, -0.2) is 4.79 Å². The fourth-order valence-corrected chi connectivity index (χ4v) is 3.67. The number of carbonyl (C=O) groups excluding carboxylic acids is 1. The Hall–Kier alpha value is -2.73. The predicted molar refractivity (Wildman–Crippen MR) is 117 cm³/mol. The second-order valence-electron chi connectivity index (χ2n) is 9.30. The Morgan fingerprint density at radius 2 is 1.87 bits per heavy atom. The minimum Gasteiger partial charge on any atom is -0.485 e. The lowest BCUT2D eigenvalue weighted by molar-refractivity contribution is -0.0937. The van der Waals surface area contributed by atoms with Gasteiger partial charge in [-0.05, 0) is 52.7 Å². The molecule has 3 rings (SSSR count). The summed E-state index contributed by atoms with van der Waals surface area (Å²) in [4.78, 5) is 14.9. The first-order valence-corrected chi connectivity index (χ1v) is 10.3. The molecular weight excluding hydrogens is 380 g/mol. The van der Waals surface area contributed by atoms with Crippen molar-refractivity contribution in [3.05, 3.63) is 59.7 Å². The van der Waals surface area contributed by atoms with Crippen molar-refractivity contribution in [1.82, 2.24) is 4.90 Å². The molecule has 0 bridgehead atoms. The molecule has 0 aromatic heterocycles. The Kier molecular flexibility index (Phi) is 5.99. The van der Waals surface area contributed by atoms with E-state index in [1.165, 1.54) is 0 Å². The number of benzene rings is 2. The van der Waals surface area contributed by atoms with E-state index in [0.717, 1.165) is 11.1 Å². The maximum atomic E-state index is 13.2. The maximum Gasteiger partial charge on any atom is 0.410 e. The summed E-state index contributed by atoms with van der Waals surface area (Å²) >= 11 is 0. The highest BCUT2D eigenvalue weighted by Crippen LogP contribution is 2.44. The Morgan fingerprint density at radius 1 is 1.20 bits per heavy atom. The van der Waals surface area contributed by atoms with Gasteiger partial charge in [-0.3, -0.25) is 4.90 Å². The van der Waals surface area contributed by atoms with E-state index in [2.05, 4.69) is 0 Å². The number of hydrogen-bond acceptors (Lipinski definition) is 5. The van der Waals surface area contributed by atoms with Crippen molar-refractivity contribution in [3.63, 3.8) is 0 Å². The highest BCUT2D eigenvalue weighted by molar-refractivity contribution is 5.70.